The number of aromatic nitrogens is 2. The fourth-order valence-electron chi connectivity index (χ4n) is 3.20. The molecule has 0 spiro atoms. The lowest BCUT2D eigenvalue weighted by molar-refractivity contribution is 0.124. The van der Waals surface area contributed by atoms with E-state index in [9.17, 15) is 5.11 Å². The van der Waals surface area contributed by atoms with Gasteiger partial charge in [-0.25, -0.2) is 4.98 Å². The van der Waals surface area contributed by atoms with E-state index in [0.29, 0.717) is 5.92 Å². The number of thioether (sulfide) groups is 1. The van der Waals surface area contributed by atoms with Gasteiger partial charge >= 0.3 is 0 Å². The molecule has 1 aromatic heterocycles. The zero-order valence-corrected chi connectivity index (χ0v) is 12.7. The van der Waals surface area contributed by atoms with Gasteiger partial charge in [0.05, 0.1) is 6.61 Å². The molecule has 0 saturated heterocycles. The van der Waals surface area contributed by atoms with Crippen LogP contribution in [-0.4, -0.2) is 39.1 Å². The quantitative estimate of drug-likeness (QED) is 0.752. The lowest BCUT2D eigenvalue weighted by atomic mass is 9.86. The number of aliphatic hydroxyl groups excluding tert-OH is 1. The van der Waals surface area contributed by atoms with E-state index in [0.717, 1.165) is 30.3 Å². The predicted molar refractivity (Wildman–Crippen MR) is 79.4 cm³/mol. The van der Waals surface area contributed by atoms with Gasteiger partial charge in [-0.2, -0.15) is 0 Å². The molecule has 1 aliphatic rings. The van der Waals surface area contributed by atoms with Crippen molar-refractivity contribution >= 4 is 11.8 Å². The van der Waals surface area contributed by atoms with E-state index in [4.69, 9.17) is 0 Å². The number of nitrogens with zero attached hydrogens (tertiary/aromatic N) is 2. The summed E-state index contributed by atoms with van der Waals surface area (Å²) < 4.78 is 2.06. The van der Waals surface area contributed by atoms with E-state index < -0.39 is 0 Å². The minimum absolute atomic E-state index is 0.0308. The summed E-state index contributed by atoms with van der Waals surface area (Å²) in [6.07, 6.45) is 8.53. The first-order chi connectivity index (χ1) is 9.22. The summed E-state index contributed by atoms with van der Waals surface area (Å²) in [5, 5.41) is 14.4. The largest absolute Gasteiger partial charge is 0.394 e. The third-order valence-electron chi connectivity index (χ3n) is 4.24. The van der Waals surface area contributed by atoms with Crippen molar-refractivity contribution in [2.45, 2.75) is 43.3 Å². The molecule has 1 saturated carbocycles. The Balaban J connectivity index is 1.86. The van der Waals surface area contributed by atoms with Gasteiger partial charge < -0.3 is 15.0 Å². The van der Waals surface area contributed by atoms with Gasteiger partial charge in [0, 0.05) is 30.7 Å². The van der Waals surface area contributed by atoms with Crippen molar-refractivity contribution in [1.82, 2.24) is 14.9 Å². The number of hydrogen-bond acceptors (Lipinski definition) is 4. The lowest BCUT2D eigenvalue weighted by Crippen LogP contribution is -2.51. The maximum Gasteiger partial charge on any atom is 0.167 e. The third-order valence-corrected chi connectivity index (χ3v) is 5.33. The molecular formula is C14H25N3OS. The molecule has 5 heteroatoms. The molecule has 1 aliphatic carbocycles. The normalized spacial score (nSPS) is 27.0. The van der Waals surface area contributed by atoms with Crippen molar-refractivity contribution in [3.63, 3.8) is 0 Å². The van der Waals surface area contributed by atoms with Gasteiger partial charge in [-0.15, -0.1) is 0 Å². The Bertz CT molecular complexity index is 396. The van der Waals surface area contributed by atoms with Crippen LogP contribution in [0.3, 0.4) is 0 Å². The van der Waals surface area contributed by atoms with Gasteiger partial charge in [0.1, 0.15) is 0 Å². The highest BCUT2D eigenvalue weighted by molar-refractivity contribution is 7.99. The molecule has 0 aliphatic heterocycles. The van der Waals surface area contributed by atoms with E-state index in [1.807, 2.05) is 31.2 Å². The molecule has 2 rings (SSSR count). The molecule has 108 valence electrons. The second kappa shape index (κ2) is 6.77. The molecule has 2 unspecified atom stereocenters. The van der Waals surface area contributed by atoms with Crippen LogP contribution >= 0.6 is 11.8 Å². The maximum absolute atomic E-state index is 9.76. The van der Waals surface area contributed by atoms with Crippen LogP contribution < -0.4 is 5.32 Å². The molecule has 4 nitrogen and oxygen atoms in total. The molecule has 19 heavy (non-hydrogen) atoms. The first kappa shape index (κ1) is 14.9. The smallest absolute Gasteiger partial charge is 0.167 e. The van der Waals surface area contributed by atoms with Gasteiger partial charge in [0.2, 0.25) is 0 Å². The summed E-state index contributed by atoms with van der Waals surface area (Å²) in [6.45, 7) is 3.32. The molecule has 2 N–H and O–H groups in total. The Labute approximate surface area is 120 Å². The van der Waals surface area contributed by atoms with E-state index in [2.05, 4.69) is 21.8 Å². The van der Waals surface area contributed by atoms with E-state index in [1.165, 1.54) is 12.8 Å². The molecular weight excluding hydrogens is 258 g/mol. The topological polar surface area (TPSA) is 50.1 Å². The number of rotatable bonds is 7. The van der Waals surface area contributed by atoms with Crippen LogP contribution in [0.15, 0.2) is 17.6 Å². The number of likely N-dealkylation sites (N-methyl/N-ethyl adjacent to an activating group) is 1. The van der Waals surface area contributed by atoms with E-state index >= 15 is 0 Å². The van der Waals surface area contributed by atoms with Gasteiger partial charge in [-0.05, 0) is 31.7 Å². The lowest BCUT2D eigenvalue weighted by Gasteiger charge is -2.34. The Morgan fingerprint density at radius 2 is 2.47 bits per heavy atom. The fourth-order valence-corrected chi connectivity index (χ4v) is 4.18. The van der Waals surface area contributed by atoms with E-state index in [-0.39, 0.29) is 12.1 Å². The Morgan fingerprint density at radius 1 is 1.63 bits per heavy atom. The van der Waals surface area contributed by atoms with Crippen LogP contribution in [0.4, 0.5) is 0 Å². The Morgan fingerprint density at radius 3 is 3.11 bits per heavy atom. The Hall–Kier alpha value is -0.520. The Kier molecular flexibility index (Phi) is 5.30. The molecule has 0 aromatic carbocycles. The van der Waals surface area contributed by atoms with Crippen molar-refractivity contribution in [1.29, 1.82) is 0 Å². The maximum atomic E-state index is 9.76. The first-order valence-corrected chi connectivity index (χ1v) is 8.16. The minimum Gasteiger partial charge on any atom is -0.394 e. The SMILES string of the molecule is CCNC1(CO)CCCC1CCSc1nccn1C. The molecule has 1 heterocycles. The standard InChI is InChI=1S/C14H25N3OS/c1-3-16-14(11-18)7-4-5-12(14)6-10-19-13-15-8-9-17(13)2/h8-9,12,16,18H,3-7,10-11H2,1-2H3. The van der Waals surface area contributed by atoms with Crippen LogP contribution in [0.5, 0.6) is 0 Å². The highest BCUT2D eigenvalue weighted by Crippen LogP contribution is 2.38. The molecule has 1 aromatic rings. The molecule has 1 fully saturated rings. The molecule has 0 radical (unpaired) electrons. The second-order valence-corrected chi connectivity index (χ2v) is 6.45. The second-order valence-electron chi connectivity index (χ2n) is 5.39. The summed E-state index contributed by atoms with van der Waals surface area (Å²) in [4.78, 5) is 4.33. The highest BCUT2D eigenvalue weighted by Gasteiger charge is 2.41. The zero-order chi connectivity index (χ0) is 13.7. The van der Waals surface area contributed by atoms with Crippen LogP contribution in [0.1, 0.15) is 32.6 Å². The van der Waals surface area contributed by atoms with Crippen LogP contribution in [0, 0.1) is 5.92 Å². The summed E-state index contributed by atoms with van der Waals surface area (Å²) in [6, 6.07) is 0. The van der Waals surface area contributed by atoms with Crippen molar-refractivity contribution in [2.24, 2.45) is 13.0 Å². The number of aliphatic hydroxyl groups is 1. The van der Waals surface area contributed by atoms with Crippen LogP contribution in [-0.2, 0) is 7.05 Å². The number of nitrogens with one attached hydrogen (secondary N) is 1. The molecule has 0 bridgehead atoms. The van der Waals surface area contributed by atoms with E-state index in [1.54, 1.807) is 0 Å². The average Bonchev–Trinajstić information content (AvgIpc) is 2.99. The first-order valence-electron chi connectivity index (χ1n) is 7.18. The molecule has 2 atom stereocenters. The van der Waals surface area contributed by atoms with Crippen molar-refractivity contribution in [3.8, 4) is 0 Å². The predicted octanol–water partition coefficient (Wildman–Crippen LogP) is 2.04. The summed E-state index contributed by atoms with van der Waals surface area (Å²) in [7, 11) is 2.03. The summed E-state index contributed by atoms with van der Waals surface area (Å²) >= 11 is 1.81. The fraction of sp³-hybridized carbons (Fsp3) is 0.786. The average molecular weight is 283 g/mol. The molecule has 0 amide bonds. The van der Waals surface area contributed by atoms with Gasteiger partial charge in [-0.1, -0.05) is 25.1 Å². The summed E-state index contributed by atoms with van der Waals surface area (Å²) in [5.74, 6) is 1.66. The minimum atomic E-state index is -0.0308. The monoisotopic (exact) mass is 283 g/mol. The van der Waals surface area contributed by atoms with Crippen LogP contribution in [0.2, 0.25) is 0 Å². The number of hydrogen-bond donors (Lipinski definition) is 2. The van der Waals surface area contributed by atoms with Crippen LogP contribution in [0.25, 0.3) is 0 Å². The number of aryl methyl sites for hydroxylation is 1. The van der Waals surface area contributed by atoms with Gasteiger partial charge in [0.25, 0.3) is 0 Å². The van der Waals surface area contributed by atoms with Crippen molar-refractivity contribution in [3.05, 3.63) is 12.4 Å². The van der Waals surface area contributed by atoms with Gasteiger partial charge in [0.15, 0.2) is 5.16 Å². The highest BCUT2D eigenvalue weighted by atomic mass is 32.2. The van der Waals surface area contributed by atoms with Crippen molar-refractivity contribution in [2.75, 3.05) is 18.9 Å². The zero-order valence-electron chi connectivity index (χ0n) is 11.9. The van der Waals surface area contributed by atoms with Crippen molar-refractivity contribution < 1.29 is 5.11 Å². The van der Waals surface area contributed by atoms with Gasteiger partial charge in [-0.3, -0.25) is 0 Å². The summed E-state index contributed by atoms with van der Waals surface area (Å²) in [5.41, 5.74) is -0.0308. The third kappa shape index (κ3) is 3.33. The number of imidazole rings is 1.